The van der Waals surface area contributed by atoms with Crippen LogP contribution in [0.25, 0.3) is 0 Å². The highest BCUT2D eigenvalue weighted by atomic mass is 32.1. The first kappa shape index (κ1) is 13.6. The number of carboxylic acids is 1. The average Bonchev–Trinajstić information content (AvgIpc) is 2.89. The van der Waals surface area contributed by atoms with Crippen LogP contribution in [0.5, 0.6) is 0 Å². The Kier molecular flexibility index (Phi) is 4.19. The molecule has 1 heterocycles. The number of hydrogen-bond acceptors (Lipinski definition) is 4. The highest BCUT2D eigenvalue weighted by Crippen LogP contribution is 2.19. The molecule has 0 bridgehead atoms. The summed E-state index contributed by atoms with van der Waals surface area (Å²) in [7, 11) is 0. The standard InChI is InChI=1S/C14H15NO3S/c1-9-6-11(2-3-12(9)14(17)18)15-7-13(16)10-4-5-19-8-10/h2-6,8,13,15-16H,7H2,1H3,(H,17,18). The Morgan fingerprint density at radius 2 is 2.21 bits per heavy atom. The molecule has 0 spiro atoms. The lowest BCUT2D eigenvalue weighted by Crippen LogP contribution is -2.12. The Labute approximate surface area is 115 Å². The van der Waals surface area contributed by atoms with Gasteiger partial charge < -0.3 is 15.5 Å². The summed E-state index contributed by atoms with van der Waals surface area (Å²) in [6, 6.07) is 6.92. The van der Waals surface area contributed by atoms with Crippen molar-refractivity contribution in [1.82, 2.24) is 0 Å². The molecular formula is C14H15NO3S. The fraction of sp³-hybridized carbons (Fsp3) is 0.214. The molecule has 100 valence electrons. The molecule has 4 nitrogen and oxygen atoms in total. The van der Waals surface area contributed by atoms with Crippen LogP contribution in [0.2, 0.25) is 0 Å². The third-order valence-corrected chi connectivity index (χ3v) is 3.59. The quantitative estimate of drug-likeness (QED) is 0.786. The van der Waals surface area contributed by atoms with E-state index in [1.54, 1.807) is 36.5 Å². The monoisotopic (exact) mass is 277 g/mol. The third-order valence-electron chi connectivity index (χ3n) is 2.88. The minimum absolute atomic E-state index is 0.295. The van der Waals surface area contributed by atoms with Gasteiger partial charge >= 0.3 is 5.97 Å². The SMILES string of the molecule is Cc1cc(NCC(O)c2ccsc2)ccc1C(=O)O. The average molecular weight is 277 g/mol. The topological polar surface area (TPSA) is 69.6 Å². The van der Waals surface area contributed by atoms with Crippen LogP contribution in [0, 0.1) is 6.92 Å². The van der Waals surface area contributed by atoms with E-state index in [4.69, 9.17) is 5.11 Å². The molecule has 0 fully saturated rings. The van der Waals surface area contributed by atoms with Crippen LogP contribution in [0.1, 0.15) is 27.6 Å². The zero-order valence-corrected chi connectivity index (χ0v) is 11.3. The molecule has 0 aliphatic heterocycles. The predicted octanol–water partition coefficient (Wildman–Crippen LogP) is 2.90. The Hall–Kier alpha value is -1.85. The summed E-state index contributed by atoms with van der Waals surface area (Å²) in [5.41, 5.74) is 2.68. The summed E-state index contributed by atoms with van der Waals surface area (Å²) >= 11 is 1.54. The second-order valence-electron chi connectivity index (χ2n) is 4.29. The lowest BCUT2D eigenvalue weighted by Gasteiger charge is -2.12. The van der Waals surface area contributed by atoms with Crippen LogP contribution in [-0.4, -0.2) is 22.7 Å². The number of carboxylic acid groups (broad SMARTS) is 1. The van der Waals surface area contributed by atoms with Crippen LogP contribution in [0.15, 0.2) is 35.0 Å². The molecule has 0 radical (unpaired) electrons. The molecule has 1 aromatic carbocycles. The largest absolute Gasteiger partial charge is 0.478 e. The Morgan fingerprint density at radius 1 is 1.42 bits per heavy atom. The Morgan fingerprint density at radius 3 is 2.79 bits per heavy atom. The molecular weight excluding hydrogens is 262 g/mol. The van der Waals surface area contributed by atoms with Gasteiger partial charge in [0.2, 0.25) is 0 Å². The van der Waals surface area contributed by atoms with Gasteiger partial charge in [-0.15, -0.1) is 0 Å². The van der Waals surface area contributed by atoms with Gasteiger partial charge in [-0.2, -0.15) is 11.3 Å². The smallest absolute Gasteiger partial charge is 0.335 e. The molecule has 19 heavy (non-hydrogen) atoms. The van der Waals surface area contributed by atoms with Gasteiger partial charge in [-0.25, -0.2) is 4.79 Å². The summed E-state index contributed by atoms with van der Waals surface area (Å²) in [6.07, 6.45) is -0.564. The van der Waals surface area contributed by atoms with E-state index in [1.165, 1.54) is 0 Å². The molecule has 5 heteroatoms. The maximum atomic E-state index is 10.9. The number of aromatic carboxylic acids is 1. The molecule has 0 aliphatic rings. The van der Waals surface area contributed by atoms with E-state index in [0.29, 0.717) is 17.7 Å². The van der Waals surface area contributed by atoms with E-state index in [2.05, 4.69) is 5.32 Å². The van der Waals surface area contributed by atoms with E-state index in [-0.39, 0.29) is 0 Å². The minimum Gasteiger partial charge on any atom is -0.478 e. The van der Waals surface area contributed by atoms with Gasteiger partial charge in [-0.05, 0) is 53.1 Å². The van der Waals surface area contributed by atoms with Crippen molar-refractivity contribution in [2.45, 2.75) is 13.0 Å². The minimum atomic E-state index is -0.928. The van der Waals surface area contributed by atoms with E-state index < -0.39 is 12.1 Å². The van der Waals surface area contributed by atoms with Crippen molar-refractivity contribution in [3.63, 3.8) is 0 Å². The van der Waals surface area contributed by atoms with Crippen molar-refractivity contribution in [3.8, 4) is 0 Å². The molecule has 1 unspecified atom stereocenters. The van der Waals surface area contributed by atoms with Crippen molar-refractivity contribution >= 4 is 23.0 Å². The van der Waals surface area contributed by atoms with E-state index in [1.807, 2.05) is 16.8 Å². The first-order valence-corrected chi connectivity index (χ1v) is 6.80. The first-order valence-electron chi connectivity index (χ1n) is 5.86. The maximum Gasteiger partial charge on any atom is 0.335 e. The van der Waals surface area contributed by atoms with E-state index in [9.17, 15) is 9.90 Å². The van der Waals surface area contributed by atoms with Crippen molar-refractivity contribution in [1.29, 1.82) is 0 Å². The summed E-state index contributed by atoms with van der Waals surface area (Å²) in [6.45, 7) is 2.15. The highest BCUT2D eigenvalue weighted by Gasteiger charge is 2.09. The Bertz CT molecular complexity index is 566. The number of hydrogen-bond donors (Lipinski definition) is 3. The second kappa shape index (κ2) is 5.86. The zero-order valence-electron chi connectivity index (χ0n) is 10.5. The first-order chi connectivity index (χ1) is 9.08. The van der Waals surface area contributed by atoms with Crippen LogP contribution in [0.4, 0.5) is 5.69 Å². The second-order valence-corrected chi connectivity index (χ2v) is 5.07. The van der Waals surface area contributed by atoms with Crippen molar-refractivity contribution in [2.75, 3.05) is 11.9 Å². The predicted molar refractivity (Wildman–Crippen MR) is 75.9 cm³/mol. The van der Waals surface area contributed by atoms with Gasteiger partial charge in [0.05, 0.1) is 11.7 Å². The number of aryl methyl sites for hydroxylation is 1. The lowest BCUT2D eigenvalue weighted by molar-refractivity contribution is 0.0696. The van der Waals surface area contributed by atoms with Crippen molar-refractivity contribution in [3.05, 3.63) is 51.7 Å². The normalized spacial score (nSPS) is 12.1. The van der Waals surface area contributed by atoms with Gasteiger partial charge in [0.25, 0.3) is 0 Å². The van der Waals surface area contributed by atoms with Crippen LogP contribution in [-0.2, 0) is 0 Å². The lowest BCUT2D eigenvalue weighted by atomic mass is 10.1. The molecule has 0 saturated heterocycles. The number of thiophene rings is 1. The molecule has 2 rings (SSSR count). The number of anilines is 1. The highest BCUT2D eigenvalue weighted by molar-refractivity contribution is 7.07. The van der Waals surface area contributed by atoms with Gasteiger partial charge in [-0.1, -0.05) is 0 Å². The summed E-state index contributed by atoms with van der Waals surface area (Å²) < 4.78 is 0. The fourth-order valence-electron chi connectivity index (χ4n) is 1.81. The molecule has 1 aromatic heterocycles. The summed E-state index contributed by atoms with van der Waals surface area (Å²) in [4.78, 5) is 10.9. The molecule has 0 saturated carbocycles. The number of carbonyl (C=O) groups is 1. The molecule has 1 atom stereocenters. The Balaban J connectivity index is 2.00. The van der Waals surface area contributed by atoms with Crippen LogP contribution < -0.4 is 5.32 Å². The van der Waals surface area contributed by atoms with Gasteiger partial charge in [0.1, 0.15) is 0 Å². The molecule has 2 aromatic rings. The summed E-state index contributed by atoms with van der Waals surface area (Å²) in [5, 5.41) is 25.8. The van der Waals surface area contributed by atoms with Crippen LogP contribution >= 0.6 is 11.3 Å². The zero-order chi connectivity index (χ0) is 13.8. The van der Waals surface area contributed by atoms with Gasteiger partial charge in [-0.3, -0.25) is 0 Å². The molecule has 3 N–H and O–H groups in total. The van der Waals surface area contributed by atoms with Crippen molar-refractivity contribution < 1.29 is 15.0 Å². The third kappa shape index (κ3) is 3.33. The molecule has 0 aliphatic carbocycles. The fourth-order valence-corrected chi connectivity index (χ4v) is 2.52. The number of nitrogens with one attached hydrogen (secondary N) is 1. The number of aliphatic hydroxyl groups excluding tert-OH is 1. The maximum absolute atomic E-state index is 10.9. The summed E-state index contributed by atoms with van der Waals surface area (Å²) in [5.74, 6) is -0.928. The number of rotatable bonds is 5. The van der Waals surface area contributed by atoms with Gasteiger partial charge in [0, 0.05) is 12.2 Å². The van der Waals surface area contributed by atoms with Crippen molar-refractivity contribution in [2.24, 2.45) is 0 Å². The van der Waals surface area contributed by atoms with E-state index >= 15 is 0 Å². The van der Waals surface area contributed by atoms with Gasteiger partial charge in [0.15, 0.2) is 0 Å². The van der Waals surface area contributed by atoms with Crippen LogP contribution in [0.3, 0.4) is 0 Å². The van der Waals surface area contributed by atoms with E-state index in [0.717, 1.165) is 11.3 Å². The number of benzene rings is 1. The number of aliphatic hydroxyl groups is 1. The molecule has 0 amide bonds.